The highest BCUT2D eigenvalue weighted by Gasteiger charge is 2.31. The molecule has 3 heterocycles. The minimum absolute atomic E-state index is 0.397. The Morgan fingerprint density at radius 1 is 0.960 bits per heavy atom. The van der Waals surface area contributed by atoms with Crippen LogP contribution in [0.3, 0.4) is 0 Å². The van der Waals surface area contributed by atoms with Gasteiger partial charge >= 0.3 is 6.18 Å². The summed E-state index contributed by atoms with van der Waals surface area (Å²) in [7, 11) is 0. The number of piperazine rings is 1. The van der Waals surface area contributed by atoms with Gasteiger partial charge in [0.25, 0.3) is 0 Å². The first kappa shape index (κ1) is 17.7. The number of pyridine rings is 1. The molecule has 1 fully saturated rings. The van der Waals surface area contributed by atoms with Gasteiger partial charge in [0.15, 0.2) is 11.0 Å². The largest absolute Gasteiger partial charge is 0.417 e. The third-order valence-corrected chi connectivity index (χ3v) is 4.78. The van der Waals surface area contributed by atoms with E-state index in [1.807, 2.05) is 18.7 Å². The first-order valence-electron chi connectivity index (χ1n) is 7.80. The molecule has 134 valence electrons. The lowest BCUT2D eigenvalue weighted by molar-refractivity contribution is -0.137. The lowest BCUT2D eigenvalue weighted by atomic mass is 10.1. The highest BCUT2D eigenvalue weighted by molar-refractivity contribution is 6.30. The van der Waals surface area contributed by atoms with E-state index < -0.39 is 11.7 Å². The van der Waals surface area contributed by atoms with E-state index in [0.29, 0.717) is 37.1 Å². The molecule has 0 bridgehead atoms. The van der Waals surface area contributed by atoms with E-state index in [9.17, 15) is 13.2 Å². The van der Waals surface area contributed by atoms with E-state index in [0.717, 1.165) is 29.2 Å². The Hall–Kier alpha value is -2.09. The Balaban J connectivity index is 1.69. The van der Waals surface area contributed by atoms with Gasteiger partial charge in [-0.05, 0) is 37.1 Å². The normalized spacial score (nSPS) is 15.6. The van der Waals surface area contributed by atoms with Gasteiger partial charge in [0.05, 0.1) is 5.56 Å². The first-order chi connectivity index (χ1) is 11.8. The summed E-state index contributed by atoms with van der Waals surface area (Å²) in [6.45, 7) is 6.49. The predicted molar refractivity (Wildman–Crippen MR) is 90.2 cm³/mol. The van der Waals surface area contributed by atoms with Crippen molar-refractivity contribution in [3.8, 4) is 0 Å². The second kappa shape index (κ2) is 6.67. The Morgan fingerprint density at radius 3 is 2.16 bits per heavy atom. The molecule has 9 heteroatoms. The second-order valence-corrected chi connectivity index (χ2v) is 6.30. The van der Waals surface area contributed by atoms with Crippen LogP contribution in [-0.4, -0.2) is 41.4 Å². The van der Waals surface area contributed by atoms with E-state index >= 15 is 0 Å². The van der Waals surface area contributed by atoms with Crippen LogP contribution < -0.4 is 9.80 Å². The van der Waals surface area contributed by atoms with Gasteiger partial charge in [-0.3, -0.25) is 0 Å². The van der Waals surface area contributed by atoms with Gasteiger partial charge in [-0.2, -0.15) is 13.2 Å². The van der Waals surface area contributed by atoms with Crippen molar-refractivity contribution in [2.75, 3.05) is 36.0 Å². The summed E-state index contributed by atoms with van der Waals surface area (Å²) in [5.41, 5.74) is 1.15. The molecule has 2 aromatic rings. The zero-order chi connectivity index (χ0) is 18.2. The number of hydrogen-bond acceptors (Lipinski definition) is 5. The summed E-state index contributed by atoms with van der Waals surface area (Å²) in [6.07, 6.45) is -3.49. The summed E-state index contributed by atoms with van der Waals surface area (Å²) in [5.74, 6) is 1.34. The van der Waals surface area contributed by atoms with Crippen molar-refractivity contribution in [2.45, 2.75) is 20.0 Å². The summed E-state index contributed by atoms with van der Waals surface area (Å²) in [4.78, 5) is 8.02. The van der Waals surface area contributed by atoms with Gasteiger partial charge in [0, 0.05) is 32.4 Å². The molecule has 5 nitrogen and oxygen atoms in total. The zero-order valence-electron chi connectivity index (χ0n) is 13.8. The topological polar surface area (TPSA) is 45.2 Å². The fourth-order valence-electron chi connectivity index (χ4n) is 2.75. The predicted octanol–water partition coefficient (Wildman–Crippen LogP) is 3.49. The van der Waals surface area contributed by atoms with Crippen LogP contribution in [0.4, 0.5) is 24.8 Å². The minimum Gasteiger partial charge on any atom is -0.353 e. The number of alkyl halides is 3. The van der Waals surface area contributed by atoms with Crippen molar-refractivity contribution in [3.63, 3.8) is 0 Å². The molecule has 0 saturated carbocycles. The van der Waals surface area contributed by atoms with Crippen LogP contribution in [-0.2, 0) is 6.18 Å². The van der Waals surface area contributed by atoms with Crippen LogP contribution >= 0.6 is 11.6 Å². The number of nitrogens with zero attached hydrogens (tertiary/aromatic N) is 5. The maximum absolute atomic E-state index is 12.6. The Bertz CT molecular complexity index is 756. The molecule has 0 unspecified atom stereocenters. The molecule has 0 N–H and O–H groups in total. The molecule has 0 spiro atoms. The van der Waals surface area contributed by atoms with E-state index in [-0.39, 0.29) is 0 Å². The maximum atomic E-state index is 12.6. The van der Waals surface area contributed by atoms with E-state index in [1.165, 1.54) is 6.07 Å². The van der Waals surface area contributed by atoms with Crippen molar-refractivity contribution in [1.82, 2.24) is 15.2 Å². The van der Waals surface area contributed by atoms with Crippen molar-refractivity contribution < 1.29 is 13.2 Å². The molecular formula is C16H17ClF3N5. The van der Waals surface area contributed by atoms with E-state index in [2.05, 4.69) is 20.1 Å². The number of aromatic nitrogens is 3. The number of rotatable bonds is 2. The average molecular weight is 372 g/mol. The summed E-state index contributed by atoms with van der Waals surface area (Å²) in [5, 5.41) is 8.55. The van der Waals surface area contributed by atoms with E-state index in [1.54, 1.807) is 0 Å². The quantitative estimate of drug-likeness (QED) is 0.808. The van der Waals surface area contributed by atoms with Crippen LogP contribution in [0.2, 0.25) is 5.15 Å². The van der Waals surface area contributed by atoms with Crippen LogP contribution in [0.1, 0.15) is 16.7 Å². The molecule has 25 heavy (non-hydrogen) atoms. The molecule has 3 rings (SSSR count). The average Bonchev–Trinajstić information content (AvgIpc) is 2.59. The van der Waals surface area contributed by atoms with Gasteiger partial charge in [0.1, 0.15) is 5.82 Å². The zero-order valence-corrected chi connectivity index (χ0v) is 14.6. The van der Waals surface area contributed by atoms with Crippen LogP contribution in [0, 0.1) is 13.8 Å². The molecule has 0 radical (unpaired) electrons. The van der Waals surface area contributed by atoms with Crippen molar-refractivity contribution in [1.29, 1.82) is 0 Å². The van der Waals surface area contributed by atoms with Gasteiger partial charge < -0.3 is 9.80 Å². The third-order valence-electron chi connectivity index (χ3n) is 4.42. The SMILES string of the molecule is Cc1c(Cl)nnc(N2CCN(c3ccc(C(F)(F)F)cn3)CC2)c1C. The Kier molecular flexibility index (Phi) is 4.73. The third kappa shape index (κ3) is 3.63. The van der Waals surface area contributed by atoms with Gasteiger partial charge in [0.2, 0.25) is 0 Å². The lowest BCUT2D eigenvalue weighted by Crippen LogP contribution is -2.47. The van der Waals surface area contributed by atoms with Crippen molar-refractivity contribution in [2.24, 2.45) is 0 Å². The van der Waals surface area contributed by atoms with Gasteiger partial charge in [-0.15, -0.1) is 10.2 Å². The Morgan fingerprint density at radius 2 is 1.60 bits per heavy atom. The standard InChI is InChI=1S/C16H17ClF3N5/c1-10-11(2)15(23-22-14(10)17)25-7-5-24(6-8-25)13-4-3-12(9-21-13)16(18,19)20/h3-4,9H,5-8H2,1-2H3. The fraction of sp³-hybridized carbons (Fsp3) is 0.438. The molecule has 1 aliphatic rings. The lowest BCUT2D eigenvalue weighted by Gasteiger charge is -2.36. The van der Waals surface area contributed by atoms with Crippen LogP contribution in [0.5, 0.6) is 0 Å². The molecule has 1 aliphatic heterocycles. The van der Waals surface area contributed by atoms with Gasteiger partial charge in [-0.25, -0.2) is 4.98 Å². The molecule has 0 amide bonds. The first-order valence-corrected chi connectivity index (χ1v) is 8.17. The molecule has 0 atom stereocenters. The van der Waals surface area contributed by atoms with Gasteiger partial charge in [-0.1, -0.05) is 11.6 Å². The van der Waals surface area contributed by atoms with Crippen LogP contribution in [0.25, 0.3) is 0 Å². The minimum atomic E-state index is -4.37. The number of hydrogen-bond donors (Lipinski definition) is 0. The molecule has 2 aromatic heterocycles. The number of anilines is 2. The summed E-state index contributed by atoms with van der Waals surface area (Å²) in [6, 6.07) is 2.48. The van der Waals surface area contributed by atoms with Crippen molar-refractivity contribution in [3.05, 3.63) is 40.2 Å². The highest BCUT2D eigenvalue weighted by Crippen LogP contribution is 2.30. The fourth-order valence-corrected chi connectivity index (χ4v) is 2.93. The monoisotopic (exact) mass is 371 g/mol. The Labute approximate surface area is 148 Å². The highest BCUT2D eigenvalue weighted by atomic mass is 35.5. The summed E-state index contributed by atoms with van der Waals surface area (Å²) < 4.78 is 37.9. The second-order valence-electron chi connectivity index (χ2n) is 5.94. The molecule has 0 aliphatic carbocycles. The van der Waals surface area contributed by atoms with Crippen molar-refractivity contribution >= 4 is 23.2 Å². The summed E-state index contributed by atoms with van der Waals surface area (Å²) >= 11 is 5.98. The smallest absolute Gasteiger partial charge is 0.353 e. The molecule has 0 aromatic carbocycles. The van der Waals surface area contributed by atoms with Crippen LogP contribution in [0.15, 0.2) is 18.3 Å². The number of halogens is 4. The molecule has 1 saturated heterocycles. The molecular weight excluding hydrogens is 355 g/mol. The maximum Gasteiger partial charge on any atom is 0.417 e. The van der Waals surface area contributed by atoms with E-state index in [4.69, 9.17) is 11.6 Å².